The van der Waals surface area contributed by atoms with Crippen molar-refractivity contribution in [2.45, 2.75) is 0 Å². The van der Waals surface area contributed by atoms with Crippen molar-refractivity contribution >= 4 is 38.2 Å². The number of rotatable bonds is 1. The van der Waals surface area contributed by atoms with Gasteiger partial charge >= 0.3 is 0 Å². The van der Waals surface area contributed by atoms with Gasteiger partial charge in [-0.3, -0.25) is 9.20 Å². The molecule has 0 radical (unpaired) electrons. The molecule has 2 heterocycles. The van der Waals surface area contributed by atoms with Gasteiger partial charge in [0, 0.05) is 10.8 Å². The number of hydrogen-bond donors (Lipinski definition) is 0. The third-order valence-corrected chi connectivity index (χ3v) is 4.68. The first-order valence-corrected chi connectivity index (χ1v) is 8.08. The smallest absolute Gasteiger partial charge is 0.266 e. The summed E-state index contributed by atoms with van der Waals surface area (Å²) in [4.78, 5) is 18.1. The molecule has 0 atom stereocenters. The van der Waals surface area contributed by atoms with E-state index in [1.54, 1.807) is 17.6 Å². The van der Waals surface area contributed by atoms with Gasteiger partial charge in [-0.05, 0) is 29.7 Å². The molecular weight excluding hydrogens is 312 g/mol. The minimum Gasteiger partial charge on any atom is -0.497 e. The Balaban J connectivity index is 2.15. The van der Waals surface area contributed by atoms with Gasteiger partial charge in [0.2, 0.25) is 0 Å². The van der Waals surface area contributed by atoms with E-state index in [9.17, 15) is 4.79 Å². The summed E-state index contributed by atoms with van der Waals surface area (Å²) in [6.45, 7) is 0. The van der Waals surface area contributed by atoms with Crippen LogP contribution in [0.15, 0.2) is 71.5 Å². The number of aromatic nitrogens is 2. The third-order valence-electron chi connectivity index (χ3n) is 4.68. The molecule has 0 amide bonds. The molecule has 4 nitrogen and oxygen atoms in total. The lowest BCUT2D eigenvalue weighted by molar-refractivity contribution is 0.415. The molecule has 0 saturated carbocycles. The molecule has 0 aliphatic carbocycles. The zero-order valence-electron chi connectivity index (χ0n) is 13.6. The van der Waals surface area contributed by atoms with Crippen molar-refractivity contribution in [2.24, 2.45) is 0 Å². The summed E-state index contributed by atoms with van der Waals surface area (Å²) in [5, 5.41) is 3.66. The number of fused-ring (bicyclic) bond motifs is 7. The Morgan fingerprint density at radius 3 is 2.36 bits per heavy atom. The largest absolute Gasteiger partial charge is 0.497 e. The van der Waals surface area contributed by atoms with Crippen LogP contribution in [0.5, 0.6) is 5.75 Å². The lowest BCUT2D eigenvalue weighted by atomic mass is 10.1. The number of methoxy groups -OCH3 is 1. The van der Waals surface area contributed by atoms with Crippen molar-refractivity contribution in [3.63, 3.8) is 0 Å². The average molecular weight is 326 g/mol. The molecule has 2 aromatic heterocycles. The normalized spacial score (nSPS) is 11.6. The molecule has 5 aromatic rings. The number of ether oxygens (including phenoxy) is 1. The summed E-state index contributed by atoms with van der Waals surface area (Å²) in [6, 6.07) is 21.4. The Morgan fingerprint density at radius 1 is 0.840 bits per heavy atom. The number of hydrogen-bond acceptors (Lipinski definition) is 3. The molecule has 0 unspecified atom stereocenters. The zero-order chi connectivity index (χ0) is 17.0. The van der Waals surface area contributed by atoms with Gasteiger partial charge in [0.15, 0.2) is 0 Å². The summed E-state index contributed by atoms with van der Waals surface area (Å²) < 4.78 is 6.98. The van der Waals surface area contributed by atoms with Crippen molar-refractivity contribution in [3.05, 3.63) is 77.1 Å². The van der Waals surface area contributed by atoms with Crippen molar-refractivity contribution in [3.8, 4) is 5.75 Å². The van der Waals surface area contributed by atoms with E-state index in [0.717, 1.165) is 21.7 Å². The van der Waals surface area contributed by atoms with Gasteiger partial charge in [-0.25, -0.2) is 4.98 Å². The highest BCUT2D eigenvalue weighted by Crippen LogP contribution is 2.28. The quantitative estimate of drug-likeness (QED) is 0.343. The maximum Gasteiger partial charge on any atom is 0.266 e. The van der Waals surface area contributed by atoms with Gasteiger partial charge in [-0.15, -0.1) is 0 Å². The Kier molecular flexibility index (Phi) is 2.82. The summed E-state index contributed by atoms with van der Waals surface area (Å²) in [5.74, 6) is 0.649. The lowest BCUT2D eigenvalue weighted by Crippen LogP contribution is -2.16. The molecule has 5 rings (SSSR count). The van der Waals surface area contributed by atoms with E-state index in [1.807, 2.05) is 54.6 Å². The topological polar surface area (TPSA) is 43.6 Å². The Labute approximate surface area is 142 Å². The fourth-order valence-electron chi connectivity index (χ4n) is 3.51. The second kappa shape index (κ2) is 5.05. The van der Waals surface area contributed by atoms with Gasteiger partial charge in [0.1, 0.15) is 11.4 Å². The van der Waals surface area contributed by atoms with Gasteiger partial charge < -0.3 is 4.74 Å². The van der Waals surface area contributed by atoms with Crippen LogP contribution in [-0.2, 0) is 0 Å². The minimum atomic E-state index is -0.0825. The van der Waals surface area contributed by atoms with Crippen LogP contribution in [0.2, 0.25) is 0 Å². The summed E-state index contributed by atoms with van der Waals surface area (Å²) in [5.41, 5.74) is 2.13. The van der Waals surface area contributed by atoms with Crippen molar-refractivity contribution < 1.29 is 4.74 Å². The number of benzene rings is 3. The first-order chi connectivity index (χ1) is 12.3. The van der Waals surface area contributed by atoms with Crippen LogP contribution < -0.4 is 10.3 Å². The Hall–Kier alpha value is -3.40. The van der Waals surface area contributed by atoms with E-state index in [1.165, 1.54) is 0 Å². The van der Waals surface area contributed by atoms with Gasteiger partial charge in [-0.2, -0.15) is 0 Å². The van der Waals surface area contributed by atoms with Crippen LogP contribution in [0, 0.1) is 0 Å². The highest BCUT2D eigenvalue weighted by molar-refractivity contribution is 6.12. The molecule has 25 heavy (non-hydrogen) atoms. The maximum absolute atomic E-state index is 13.3. The molecule has 0 saturated heterocycles. The molecule has 120 valence electrons. The van der Waals surface area contributed by atoms with E-state index >= 15 is 0 Å². The molecule has 0 N–H and O–H groups in total. The average Bonchev–Trinajstić information content (AvgIpc) is 2.68. The van der Waals surface area contributed by atoms with Crippen LogP contribution in [-0.4, -0.2) is 16.5 Å². The standard InChI is InChI=1S/C21H14N2O2/c1-25-13-10-11-18-17(12-13)21(24)23-19-9-5-4-7-15(19)14-6-2-3-8-16(14)20(23)22-18/h2-12H,1H3. The monoisotopic (exact) mass is 326 g/mol. The van der Waals surface area contributed by atoms with Crippen LogP contribution in [0.25, 0.3) is 38.2 Å². The first kappa shape index (κ1) is 14.0. The number of pyridine rings is 1. The SMILES string of the molecule is COc1ccc2nc3c4ccccc4c4ccccc4n3c(=O)c2c1. The van der Waals surface area contributed by atoms with E-state index in [2.05, 4.69) is 6.07 Å². The third kappa shape index (κ3) is 1.88. The van der Waals surface area contributed by atoms with Crippen molar-refractivity contribution in [2.75, 3.05) is 7.11 Å². The number of nitrogens with zero attached hydrogens (tertiary/aromatic N) is 2. The highest BCUT2D eigenvalue weighted by atomic mass is 16.5. The zero-order valence-corrected chi connectivity index (χ0v) is 13.6. The molecule has 3 aromatic carbocycles. The van der Waals surface area contributed by atoms with Crippen LogP contribution in [0.3, 0.4) is 0 Å². The molecule has 0 bridgehead atoms. The predicted octanol–water partition coefficient (Wildman–Crippen LogP) is 4.16. The molecule has 4 heteroatoms. The lowest BCUT2D eigenvalue weighted by Gasteiger charge is -2.12. The van der Waals surface area contributed by atoms with Crippen LogP contribution in [0.1, 0.15) is 0 Å². The van der Waals surface area contributed by atoms with E-state index in [4.69, 9.17) is 9.72 Å². The Bertz CT molecular complexity index is 1350. The molecule has 0 aliphatic rings. The summed E-state index contributed by atoms with van der Waals surface area (Å²) in [7, 11) is 1.59. The maximum atomic E-state index is 13.3. The fourth-order valence-corrected chi connectivity index (χ4v) is 3.51. The minimum absolute atomic E-state index is 0.0825. The van der Waals surface area contributed by atoms with Crippen LogP contribution in [0.4, 0.5) is 0 Å². The first-order valence-electron chi connectivity index (χ1n) is 8.08. The molecular formula is C21H14N2O2. The second-order valence-corrected chi connectivity index (χ2v) is 6.02. The van der Waals surface area contributed by atoms with Crippen LogP contribution >= 0.6 is 0 Å². The summed E-state index contributed by atoms with van der Waals surface area (Å²) >= 11 is 0. The molecule has 0 spiro atoms. The number of para-hydroxylation sites is 1. The van der Waals surface area contributed by atoms with E-state index in [-0.39, 0.29) is 5.56 Å². The van der Waals surface area contributed by atoms with E-state index < -0.39 is 0 Å². The van der Waals surface area contributed by atoms with Gasteiger partial charge in [-0.1, -0.05) is 42.5 Å². The van der Waals surface area contributed by atoms with Crippen molar-refractivity contribution in [1.29, 1.82) is 0 Å². The van der Waals surface area contributed by atoms with Crippen molar-refractivity contribution in [1.82, 2.24) is 9.38 Å². The highest BCUT2D eigenvalue weighted by Gasteiger charge is 2.13. The molecule has 0 fully saturated rings. The fraction of sp³-hybridized carbons (Fsp3) is 0.0476. The summed E-state index contributed by atoms with van der Waals surface area (Å²) in [6.07, 6.45) is 0. The Morgan fingerprint density at radius 2 is 1.56 bits per heavy atom. The molecule has 0 aliphatic heterocycles. The van der Waals surface area contributed by atoms with Gasteiger partial charge in [0.25, 0.3) is 5.56 Å². The van der Waals surface area contributed by atoms with Gasteiger partial charge in [0.05, 0.1) is 23.5 Å². The van der Waals surface area contributed by atoms with E-state index in [0.29, 0.717) is 22.3 Å². The predicted molar refractivity (Wildman–Crippen MR) is 101 cm³/mol. The second-order valence-electron chi connectivity index (χ2n) is 6.02.